The van der Waals surface area contributed by atoms with Crippen molar-refractivity contribution in [3.05, 3.63) is 64.1 Å². The molecule has 1 heterocycles. The molecule has 0 radical (unpaired) electrons. The number of benzene rings is 2. The second-order valence-electron chi connectivity index (χ2n) is 5.75. The molecule has 0 aliphatic heterocycles. The van der Waals surface area contributed by atoms with Crippen LogP contribution in [0.2, 0.25) is 10.0 Å². The molecule has 2 aromatic carbocycles. The molecular formula is C19H20Cl2N6O3. The lowest BCUT2D eigenvalue weighted by Crippen LogP contribution is -2.06. The van der Waals surface area contributed by atoms with Crippen molar-refractivity contribution in [3.8, 4) is 11.3 Å². The highest BCUT2D eigenvalue weighted by molar-refractivity contribution is 6.43. The summed E-state index contributed by atoms with van der Waals surface area (Å²) in [5.41, 5.74) is 12.3. The number of rotatable bonds is 3. The summed E-state index contributed by atoms with van der Waals surface area (Å²) in [5.74, 6) is -0.702. The van der Waals surface area contributed by atoms with E-state index in [0.717, 1.165) is 6.41 Å². The Kier molecular flexibility index (Phi) is 10.0. The molecule has 158 valence electrons. The first-order chi connectivity index (χ1) is 14.2. The van der Waals surface area contributed by atoms with Crippen molar-refractivity contribution in [3.63, 3.8) is 0 Å². The van der Waals surface area contributed by atoms with Crippen LogP contribution in [-0.2, 0) is 4.79 Å². The van der Waals surface area contributed by atoms with Gasteiger partial charge in [0.05, 0.1) is 15.6 Å². The average molecular weight is 451 g/mol. The number of carboxylic acid groups (broad SMARTS) is 1. The molecule has 0 fully saturated rings. The van der Waals surface area contributed by atoms with E-state index in [4.69, 9.17) is 39.8 Å². The summed E-state index contributed by atoms with van der Waals surface area (Å²) in [5, 5.41) is 16.6. The molecule has 0 unspecified atom stereocenters. The van der Waals surface area contributed by atoms with Gasteiger partial charge in [0.2, 0.25) is 12.4 Å². The second-order valence-corrected chi connectivity index (χ2v) is 6.53. The third-order valence-corrected chi connectivity index (χ3v) is 3.99. The monoisotopic (exact) mass is 450 g/mol. The number of hydrogen-bond donors (Lipinski definition) is 3. The van der Waals surface area contributed by atoms with Crippen LogP contribution in [0.3, 0.4) is 0 Å². The van der Waals surface area contributed by atoms with Gasteiger partial charge >= 0.3 is 5.97 Å². The van der Waals surface area contributed by atoms with Crippen LogP contribution >= 0.6 is 23.2 Å². The van der Waals surface area contributed by atoms with Crippen LogP contribution in [0.5, 0.6) is 0 Å². The minimum Gasteiger partial charge on any atom is -0.478 e. The van der Waals surface area contributed by atoms with Crippen LogP contribution in [0.15, 0.2) is 48.5 Å². The number of anilines is 2. The molecule has 1 aromatic heterocycles. The first-order valence-electron chi connectivity index (χ1n) is 8.27. The van der Waals surface area contributed by atoms with Crippen LogP contribution in [0.1, 0.15) is 10.4 Å². The van der Waals surface area contributed by atoms with E-state index in [2.05, 4.69) is 15.2 Å². The predicted octanol–water partition coefficient (Wildman–Crippen LogP) is 3.10. The van der Waals surface area contributed by atoms with Crippen LogP contribution in [-0.4, -0.2) is 51.7 Å². The zero-order valence-corrected chi connectivity index (χ0v) is 17.7. The first-order valence-corrected chi connectivity index (χ1v) is 9.03. The van der Waals surface area contributed by atoms with Gasteiger partial charge in [0.25, 0.3) is 0 Å². The van der Waals surface area contributed by atoms with Gasteiger partial charge in [-0.2, -0.15) is 4.98 Å². The quantitative estimate of drug-likeness (QED) is 0.515. The first kappa shape index (κ1) is 24.6. The summed E-state index contributed by atoms with van der Waals surface area (Å²) in [6, 6.07) is 13.4. The van der Waals surface area contributed by atoms with Crippen LogP contribution in [0, 0.1) is 0 Å². The van der Waals surface area contributed by atoms with Crippen molar-refractivity contribution < 1.29 is 14.7 Å². The number of nitrogen functional groups attached to an aromatic ring is 2. The number of aromatic carboxylic acids is 1. The van der Waals surface area contributed by atoms with Crippen molar-refractivity contribution in [2.24, 2.45) is 0 Å². The summed E-state index contributed by atoms with van der Waals surface area (Å²) in [6.07, 6.45) is 0.750. The Labute approximate surface area is 183 Å². The van der Waals surface area contributed by atoms with Crippen molar-refractivity contribution >= 4 is 47.3 Å². The number of carboxylic acids is 1. The Balaban J connectivity index is 0.000000270. The highest BCUT2D eigenvalue weighted by Crippen LogP contribution is 2.34. The highest BCUT2D eigenvalue weighted by atomic mass is 35.5. The molecule has 11 heteroatoms. The summed E-state index contributed by atoms with van der Waals surface area (Å²) in [7, 11) is 3.38. The van der Waals surface area contributed by atoms with Crippen LogP contribution < -0.4 is 11.5 Å². The van der Waals surface area contributed by atoms with Crippen molar-refractivity contribution in [2.75, 3.05) is 25.6 Å². The van der Waals surface area contributed by atoms with E-state index in [1.165, 1.54) is 4.90 Å². The second kappa shape index (κ2) is 12.2. The zero-order chi connectivity index (χ0) is 22.7. The Morgan fingerprint density at radius 3 is 2.10 bits per heavy atom. The molecule has 9 nitrogen and oxygen atoms in total. The lowest BCUT2D eigenvalue weighted by Gasteiger charge is -2.06. The van der Waals surface area contributed by atoms with Gasteiger partial charge in [-0.05, 0) is 18.2 Å². The molecule has 3 aromatic rings. The fourth-order valence-corrected chi connectivity index (χ4v) is 2.20. The fourth-order valence-electron chi connectivity index (χ4n) is 1.81. The minimum atomic E-state index is -0.879. The largest absolute Gasteiger partial charge is 0.478 e. The van der Waals surface area contributed by atoms with Gasteiger partial charge in [0, 0.05) is 19.7 Å². The maximum Gasteiger partial charge on any atom is 0.335 e. The molecule has 0 bridgehead atoms. The Hall–Kier alpha value is -3.43. The van der Waals surface area contributed by atoms with Crippen molar-refractivity contribution in [2.45, 2.75) is 0 Å². The highest BCUT2D eigenvalue weighted by Gasteiger charge is 2.12. The van der Waals surface area contributed by atoms with Crippen molar-refractivity contribution in [1.82, 2.24) is 20.1 Å². The zero-order valence-electron chi connectivity index (χ0n) is 16.2. The van der Waals surface area contributed by atoms with Gasteiger partial charge in [-0.15, -0.1) is 10.2 Å². The van der Waals surface area contributed by atoms with E-state index in [1.54, 1.807) is 62.6 Å². The van der Waals surface area contributed by atoms with E-state index in [0.29, 0.717) is 26.9 Å². The molecule has 3 rings (SSSR count). The van der Waals surface area contributed by atoms with E-state index in [9.17, 15) is 9.59 Å². The van der Waals surface area contributed by atoms with Gasteiger partial charge < -0.3 is 21.5 Å². The van der Waals surface area contributed by atoms with Gasteiger partial charge in [-0.3, -0.25) is 4.79 Å². The molecule has 1 amide bonds. The number of hydrogen-bond acceptors (Lipinski definition) is 7. The van der Waals surface area contributed by atoms with E-state index in [-0.39, 0.29) is 11.8 Å². The van der Waals surface area contributed by atoms with Gasteiger partial charge in [0.1, 0.15) is 5.69 Å². The lowest BCUT2D eigenvalue weighted by atomic mass is 10.1. The third kappa shape index (κ3) is 7.90. The summed E-state index contributed by atoms with van der Waals surface area (Å²) >= 11 is 11.9. The molecule has 0 aliphatic rings. The average Bonchev–Trinajstić information content (AvgIpc) is 2.72. The van der Waals surface area contributed by atoms with E-state index < -0.39 is 5.97 Å². The fraction of sp³-hybridized carbons (Fsp3) is 0.105. The topological polar surface area (TPSA) is 148 Å². The molecule has 0 atom stereocenters. The molecule has 30 heavy (non-hydrogen) atoms. The SMILES string of the molecule is CN(C)C=O.Nc1nnc(-c2cccc(Cl)c2Cl)c(N)n1.O=C(O)c1ccccc1. The summed E-state index contributed by atoms with van der Waals surface area (Å²) in [6.45, 7) is 0. The van der Waals surface area contributed by atoms with Crippen molar-refractivity contribution in [1.29, 1.82) is 0 Å². The number of aromatic nitrogens is 3. The molecule has 5 N–H and O–H groups in total. The van der Waals surface area contributed by atoms with Crippen LogP contribution in [0.25, 0.3) is 11.3 Å². The normalized spacial score (nSPS) is 9.33. The minimum absolute atomic E-state index is 0.0133. The maximum atomic E-state index is 10.2. The smallest absolute Gasteiger partial charge is 0.335 e. The van der Waals surface area contributed by atoms with Gasteiger partial charge in [-0.1, -0.05) is 53.5 Å². The summed E-state index contributed by atoms with van der Waals surface area (Å²) < 4.78 is 0. The Bertz CT molecular complexity index is 987. The number of carbonyl (C=O) groups excluding carboxylic acids is 1. The number of carbonyl (C=O) groups is 2. The molecule has 0 spiro atoms. The van der Waals surface area contributed by atoms with Crippen LogP contribution in [0.4, 0.5) is 11.8 Å². The number of nitrogens with zero attached hydrogens (tertiary/aromatic N) is 4. The molecule has 0 saturated heterocycles. The number of amides is 1. The van der Waals surface area contributed by atoms with E-state index in [1.807, 2.05) is 0 Å². The standard InChI is InChI=1S/C9H7Cl2N5.C7H6O2.C3H7NO/c10-5-3-1-2-4(6(5)11)7-8(12)14-9(13)16-15-7;8-7(9)6-4-2-1-3-5-6;1-4(2)3-5/h1-3H,(H4,12,13,14,16);1-5H,(H,8,9);3H,1-2H3. The lowest BCUT2D eigenvalue weighted by molar-refractivity contribution is -0.115. The third-order valence-electron chi connectivity index (χ3n) is 3.17. The summed E-state index contributed by atoms with van der Waals surface area (Å²) in [4.78, 5) is 24.9. The maximum absolute atomic E-state index is 10.2. The molecule has 0 aliphatic carbocycles. The number of halogens is 2. The van der Waals surface area contributed by atoms with Gasteiger partial charge in [-0.25, -0.2) is 4.79 Å². The number of nitrogens with two attached hydrogens (primary N) is 2. The molecular weight excluding hydrogens is 431 g/mol. The molecule has 0 saturated carbocycles. The van der Waals surface area contributed by atoms with E-state index >= 15 is 0 Å². The predicted molar refractivity (Wildman–Crippen MR) is 117 cm³/mol. The Morgan fingerprint density at radius 2 is 1.63 bits per heavy atom. The van der Waals surface area contributed by atoms with Gasteiger partial charge in [0.15, 0.2) is 5.82 Å². The Morgan fingerprint density at radius 1 is 1.03 bits per heavy atom.